The summed E-state index contributed by atoms with van der Waals surface area (Å²) in [6.45, 7) is 4.81. The molecule has 67 heavy (non-hydrogen) atoms. The van der Waals surface area contributed by atoms with Gasteiger partial charge in [-0.2, -0.15) is 4.90 Å². The number of benzene rings is 8. The molecule has 0 amide bonds. The maximum absolute atomic E-state index is 7.38. The molecule has 16 rings (SSSR count). The Morgan fingerprint density at radius 1 is 0.433 bits per heavy atom. The second-order valence-corrected chi connectivity index (χ2v) is 19.3. The Balaban J connectivity index is 1.06. The van der Waals surface area contributed by atoms with Crippen molar-refractivity contribution in [2.24, 2.45) is 0 Å². The zero-order valence-electron chi connectivity index (χ0n) is 36.8. The van der Waals surface area contributed by atoms with Crippen LogP contribution in [0.25, 0.3) is 83.4 Å². The predicted molar refractivity (Wildman–Crippen MR) is 267 cm³/mol. The molecule has 0 saturated heterocycles. The van der Waals surface area contributed by atoms with E-state index in [-0.39, 0.29) is 5.41 Å². The quantitative estimate of drug-likeness (QED) is 0.165. The monoisotopic (exact) mass is 856 g/mol. The normalized spacial score (nSPS) is 16.5. The molecule has 8 heterocycles. The Kier molecular flexibility index (Phi) is 6.52. The summed E-state index contributed by atoms with van der Waals surface area (Å²) in [4.78, 5) is 2.60. The van der Waals surface area contributed by atoms with Gasteiger partial charge in [0.15, 0.2) is 11.4 Å². The summed E-state index contributed by atoms with van der Waals surface area (Å²) in [5, 5.41) is 2.47. The number of anilines is 3. The third kappa shape index (κ3) is 4.27. The van der Waals surface area contributed by atoms with Crippen LogP contribution in [-0.4, -0.2) is 4.57 Å². The summed E-state index contributed by atoms with van der Waals surface area (Å²) >= 11 is 0. The molecule has 1 atom stereocenters. The van der Waals surface area contributed by atoms with Crippen LogP contribution in [-0.2, 0) is 11.1 Å². The smallest absolute Gasteiger partial charge is 0.379 e. The molecular formula is C62H40N4O+2. The highest BCUT2D eigenvalue weighted by Gasteiger charge is 2.73. The molecule has 5 aliphatic rings. The molecule has 0 fully saturated rings. The standard InChI is InChI=1S/C62H40N4O/c1-61(2)47-18-10-12-20-50(47)64-55-35-43(41-25-21-39(22-26-41)37-13-5-3-6-14-37)33-52-53-34-44(42-27-23-40(24-28-42)38-15-7-4-8-16-38)36-56-66(53)62(65(52)55)57-51(31-30-48(61)60(57)64)63-49-19-11-9-17-45(49)46-29-32-54(67-56)58(62)59(46)63/h3-36H,1-2H3/q+2. The first-order valence-corrected chi connectivity index (χ1v) is 23.3. The van der Waals surface area contributed by atoms with Crippen LogP contribution in [0.1, 0.15) is 36.1 Å². The van der Waals surface area contributed by atoms with E-state index >= 15 is 0 Å². The predicted octanol–water partition coefficient (Wildman–Crippen LogP) is 14.1. The van der Waals surface area contributed by atoms with E-state index in [1.165, 1.54) is 88.9 Å². The first kappa shape index (κ1) is 35.8. The zero-order chi connectivity index (χ0) is 43.9. The third-order valence-electron chi connectivity index (χ3n) is 15.7. The summed E-state index contributed by atoms with van der Waals surface area (Å²) < 4.78 is 15.2. The summed E-state index contributed by atoms with van der Waals surface area (Å²) in [6, 6.07) is 76.4. The van der Waals surface area contributed by atoms with E-state index in [9.17, 15) is 0 Å². The van der Waals surface area contributed by atoms with Gasteiger partial charge in [0, 0.05) is 45.5 Å². The molecule has 5 heteroatoms. The molecule has 1 unspecified atom stereocenters. The van der Waals surface area contributed by atoms with Crippen molar-refractivity contribution in [2.45, 2.75) is 24.9 Å². The fraction of sp³-hybridized carbons (Fsp3) is 0.0645. The molecule has 0 bridgehead atoms. The first-order chi connectivity index (χ1) is 33.0. The van der Waals surface area contributed by atoms with Crippen LogP contribution < -0.4 is 18.8 Å². The fourth-order valence-corrected chi connectivity index (χ4v) is 12.8. The van der Waals surface area contributed by atoms with Gasteiger partial charge in [0.25, 0.3) is 11.5 Å². The van der Waals surface area contributed by atoms with Gasteiger partial charge in [-0.05, 0) is 74.8 Å². The van der Waals surface area contributed by atoms with Crippen LogP contribution in [0, 0.1) is 0 Å². The molecule has 8 aromatic carbocycles. The van der Waals surface area contributed by atoms with Gasteiger partial charge in [0.1, 0.15) is 16.8 Å². The second kappa shape index (κ2) is 12.2. The highest BCUT2D eigenvalue weighted by atomic mass is 16.5. The van der Waals surface area contributed by atoms with Gasteiger partial charge >= 0.3 is 11.5 Å². The molecule has 5 aliphatic heterocycles. The number of nitrogens with zero attached hydrogens (tertiary/aromatic N) is 4. The summed E-state index contributed by atoms with van der Waals surface area (Å²) in [7, 11) is 0. The van der Waals surface area contributed by atoms with Crippen molar-refractivity contribution in [3.05, 3.63) is 229 Å². The van der Waals surface area contributed by atoms with Crippen LogP contribution >= 0.6 is 0 Å². The number of para-hydroxylation sites is 2. The molecule has 0 saturated carbocycles. The minimum absolute atomic E-state index is 0.284. The third-order valence-corrected chi connectivity index (χ3v) is 15.7. The first-order valence-electron chi connectivity index (χ1n) is 23.3. The van der Waals surface area contributed by atoms with Gasteiger partial charge in [-0.15, -0.1) is 9.13 Å². The van der Waals surface area contributed by atoms with Crippen LogP contribution in [0.3, 0.4) is 0 Å². The number of fused-ring (bicyclic) bond motifs is 8. The zero-order valence-corrected chi connectivity index (χ0v) is 36.8. The fourth-order valence-electron chi connectivity index (χ4n) is 12.8. The molecule has 312 valence electrons. The Morgan fingerprint density at radius 2 is 1.01 bits per heavy atom. The summed E-state index contributed by atoms with van der Waals surface area (Å²) in [6.07, 6.45) is 0. The Labute approximate surface area is 387 Å². The van der Waals surface area contributed by atoms with Gasteiger partial charge < -0.3 is 9.30 Å². The van der Waals surface area contributed by atoms with Crippen LogP contribution in [0.2, 0.25) is 0 Å². The molecule has 3 aromatic heterocycles. The van der Waals surface area contributed by atoms with Gasteiger partial charge in [-0.1, -0.05) is 166 Å². The van der Waals surface area contributed by atoms with Crippen molar-refractivity contribution in [3.8, 4) is 73.2 Å². The number of pyridine rings is 2. The van der Waals surface area contributed by atoms with Gasteiger partial charge in [0.05, 0.1) is 22.8 Å². The van der Waals surface area contributed by atoms with Crippen LogP contribution in [0.5, 0.6) is 11.6 Å². The molecule has 0 radical (unpaired) electrons. The highest BCUT2D eigenvalue weighted by molar-refractivity contribution is 6.13. The van der Waals surface area contributed by atoms with Crippen molar-refractivity contribution in [1.82, 2.24) is 4.57 Å². The Bertz CT molecular complexity index is 4020. The summed E-state index contributed by atoms with van der Waals surface area (Å²) in [5.41, 5.74) is 21.7. The van der Waals surface area contributed by atoms with E-state index in [4.69, 9.17) is 4.74 Å². The number of hydrogen-bond donors (Lipinski definition) is 0. The average molecular weight is 857 g/mol. The largest absolute Gasteiger partial charge is 0.404 e. The average Bonchev–Trinajstić information content (AvgIpc) is 3.88. The molecule has 11 aromatic rings. The molecule has 0 N–H and O–H groups in total. The molecular weight excluding hydrogens is 817 g/mol. The van der Waals surface area contributed by atoms with E-state index in [1.54, 1.807) is 0 Å². The Hall–Kier alpha value is -8.54. The lowest BCUT2D eigenvalue weighted by Crippen LogP contribution is -2.75. The van der Waals surface area contributed by atoms with Crippen molar-refractivity contribution in [2.75, 3.05) is 4.90 Å². The number of rotatable bonds is 4. The van der Waals surface area contributed by atoms with E-state index < -0.39 is 5.66 Å². The number of ether oxygens (including phenoxy) is 1. The van der Waals surface area contributed by atoms with Gasteiger partial charge in [0.2, 0.25) is 5.69 Å². The van der Waals surface area contributed by atoms with Gasteiger partial charge in [-0.25, -0.2) is 0 Å². The maximum Gasteiger partial charge on any atom is 0.379 e. The van der Waals surface area contributed by atoms with Crippen molar-refractivity contribution < 1.29 is 13.9 Å². The van der Waals surface area contributed by atoms with Crippen molar-refractivity contribution in [3.63, 3.8) is 0 Å². The SMILES string of the molecule is CC1(C)c2ccccc2N2c3c1ccc1c3C34c5c(ccc6c7ccccc7n-1c56)Oc1cc(-c5ccc(-c6ccccc6)cc5)cc([n+]13)-c1cc(-c3ccc(-c5ccccc5)cc3)cc2[n+]14. The van der Waals surface area contributed by atoms with Crippen molar-refractivity contribution >= 4 is 39.0 Å². The van der Waals surface area contributed by atoms with E-state index in [0.717, 1.165) is 45.5 Å². The van der Waals surface area contributed by atoms with Crippen LogP contribution in [0.4, 0.5) is 17.2 Å². The second-order valence-electron chi connectivity index (χ2n) is 19.3. The lowest BCUT2D eigenvalue weighted by molar-refractivity contribution is -0.936. The van der Waals surface area contributed by atoms with Gasteiger partial charge in [-0.3, -0.25) is 0 Å². The Morgan fingerprint density at radius 3 is 1.72 bits per heavy atom. The lowest BCUT2D eigenvalue weighted by Gasteiger charge is -2.45. The van der Waals surface area contributed by atoms with E-state index in [2.05, 4.69) is 239 Å². The topological polar surface area (TPSA) is 25.2 Å². The lowest BCUT2D eigenvalue weighted by atomic mass is 9.69. The molecule has 5 nitrogen and oxygen atoms in total. The number of aromatic nitrogens is 3. The minimum atomic E-state index is -0.808. The summed E-state index contributed by atoms with van der Waals surface area (Å²) in [5.74, 6) is 2.84. The minimum Gasteiger partial charge on any atom is -0.404 e. The van der Waals surface area contributed by atoms with Crippen molar-refractivity contribution in [1.29, 1.82) is 0 Å². The van der Waals surface area contributed by atoms with E-state index in [1.807, 2.05) is 0 Å². The molecule has 1 spiro atoms. The number of hydrogen-bond acceptors (Lipinski definition) is 2. The maximum atomic E-state index is 7.38. The molecule has 0 aliphatic carbocycles. The van der Waals surface area contributed by atoms with E-state index in [0.29, 0.717) is 0 Å². The highest BCUT2D eigenvalue weighted by Crippen LogP contribution is 2.64. The van der Waals surface area contributed by atoms with Crippen LogP contribution in [0.15, 0.2) is 206 Å².